The maximum Gasteiger partial charge on any atom is 0.159 e. The van der Waals surface area contributed by atoms with Gasteiger partial charge in [0.1, 0.15) is 5.82 Å². The first-order valence-electron chi connectivity index (χ1n) is 7.17. The zero-order valence-corrected chi connectivity index (χ0v) is 11.2. The van der Waals surface area contributed by atoms with E-state index in [4.69, 9.17) is 9.97 Å². The number of hydrogen-bond acceptors (Lipinski definition) is 3. The van der Waals surface area contributed by atoms with Gasteiger partial charge in [0, 0.05) is 36.6 Å². The van der Waals surface area contributed by atoms with Gasteiger partial charge in [-0.25, -0.2) is 14.4 Å². The van der Waals surface area contributed by atoms with Crippen molar-refractivity contribution >= 4 is 0 Å². The molecule has 2 aromatic rings. The van der Waals surface area contributed by atoms with Crippen molar-refractivity contribution in [3.8, 4) is 11.4 Å². The molecule has 1 aliphatic carbocycles. The predicted octanol–water partition coefficient (Wildman–Crippen LogP) is 2.81. The lowest BCUT2D eigenvalue weighted by molar-refractivity contribution is 0.617. The first-order valence-corrected chi connectivity index (χ1v) is 7.17. The summed E-state index contributed by atoms with van der Waals surface area (Å²) in [5, 5.41) is 3.40. The summed E-state index contributed by atoms with van der Waals surface area (Å²) in [6.07, 6.45) is 3.41. The monoisotopic (exact) mass is 269 g/mol. The van der Waals surface area contributed by atoms with Crippen LogP contribution in [0.3, 0.4) is 0 Å². The molecule has 0 atom stereocenters. The molecule has 0 bridgehead atoms. The Morgan fingerprint density at radius 3 is 2.65 bits per heavy atom. The van der Waals surface area contributed by atoms with Crippen LogP contribution < -0.4 is 5.32 Å². The van der Waals surface area contributed by atoms with Crippen LogP contribution in [0, 0.1) is 5.82 Å². The van der Waals surface area contributed by atoms with Gasteiger partial charge in [-0.05, 0) is 37.1 Å². The molecule has 0 amide bonds. The van der Waals surface area contributed by atoms with Crippen LogP contribution in [0.1, 0.15) is 35.7 Å². The van der Waals surface area contributed by atoms with Gasteiger partial charge in [0.25, 0.3) is 0 Å². The van der Waals surface area contributed by atoms with E-state index in [-0.39, 0.29) is 5.82 Å². The smallest absolute Gasteiger partial charge is 0.159 e. The first-order chi connectivity index (χ1) is 9.81. The minimum Gasteiger partial charge on any atom is -0.312 e. The molecule has 4 rings (SSSR count). The molecule has 1 aromatic carbocycles. The van der Waals surface area contributed by atoms with E-state index >= 15 is 0 Å². The highest BCUT2D eigenvalue weighted by atomic mass is 19.1. The van der Waals surface area contributed by atoms with Crippen molar-refractivity contribution < 1.29 is 4.39 Å². The third-order valence-electron chi connectivity index (χ3n) is 4.03. The van der Waals surface area contributed by atoms with Crippen molar-refractivity contribution in [3.05, 3.63) is 47.0 Å². The molecule has 2 heterocycles. The summed E-state index contributed by atoms with van der Waals surface area (Å²) in [7, 11) is 0. The summed E-state index contributed by atoms with van der Waals surface area (Å²) in [6.45, 7) is 1.85. The second-order valence-electron chi connectivity index (χ2n) is 5.57. The number of hydrogen-bond donors (Lipinski definition) is 1. The second kappa shape index (κ2) is 4.63. The molecule has 1 N–H and O–H groups in total. The van der Waals surface area contributed by atoms with Crippen molar-refractivity contribution in [1.82, 2.24) is 15.3 Å². The minimum atomic E-state index is -0.224. The Bertz CT molecular complexity index is 648. The molecule has 0 saturated heterocycles. The Hall–Kier alpha value is -1.81. The molecule has 1 saturated carbocycles. The Morgan fingerprint density at radius 2 is 1.90 bits per heavy atom. The lowest BCUT2D eigenvalue weighted by Crippen LogP contribution is -2.26. The number of fused-ring (bicyclic) bond motifs is 1. The Labute approximate surface area is 117 Å². The molecule has 4 heteroatoms. The number of nitrogens with one attached hydrogen (secondary N) is 1. The van der Waals surface area contributed by atoms with Crippen LogP contribution in [0.15, 0.2) is 24.3 Å². The molecule has 102 valence electrons. The zero-order chi connectivity index (χ0) is 13.5. The van der Waals surface area contributed by atoms with Crippen LogP contribution in [-0.2, 0) is 13.0 Å². The maximum atomic E-state index is 13.0. The number of nitrogens with zero attached hydrogens (tertiary/aromatic N) is 2. The van der Waals surface area contributed by atoms with Crippen molar-refractivity contribution in [1.29, 1.82) is 0 Å². The van der Waals surface area contributed by atoms with Crippen LogP contribution in [0.5, 0.6) is 0 Å². The van der Waals surface area contributed by atoms with Crippen molar-refractivity contribution in [2.24, 2.45) is 0 Å². The quantitative estimate of drug-likeness (QED) is 0.911. The van der Waals surface area contributed by atoms with Crippen molar-refractivity contribution in [3.63, 3.8) is 0 Å². The number of benzene rings is 1. The third kappa shape index (κ3) is 2.10. The van der Waals surface area contributed by atoms with E-state index in [0.717, 1.165) is 30.9 Å². The molecule has 0 unspecified atom stereocenters. The fourth-order valence-corrected chi connectivity index (χ4v) is 2.79. The Morgan fingerprint density at radius 1 is 1.10 bits per heavy atom. The van der Waals surface area contributed by atoms with Crippen LogP contribution >= 0.6 is 0 Å². The van der Waals surface area contributed by atoms with E-state index in [2.05, 4.69) is 5.32 Å². The van der Waals surface area contributed by atoms with Crippen LogP contribution in [0.4, 0.5) is 4.39 Å². The molecule has 0 spiro atoms. The second-order valence-corrected chi connectivity index (χ2v) is 5.57. The van der Waals surface area contributed by atoms with Gasteiger partial charge in [-0.1, -0.05) is 0 Å². The molecular formula is C16H16FN3. The third-order valence-corrected chi connectivity index (χ3v) is 4.03. The number of aromatic nitrogens is 2. The van der Waals surface area contributed by atoms with Gasteiger partial charge in [0.15, 0.2) is 5.82 Å². The van der Waals surface area contributed by atoms with Gasteiger partial charge in [0.05, 0.1) is 11.4 Å². The normalized spacial score (nSPS) is 17.9. The highest BCUT2D eigenvalue weighted by Crippen LogP contribution is 2.42. The van der Waals surface area contributed by atoms with Gasteiger partial charge in [-0.15, -0.1) is 0 Å². The van der Waals surface area contributed by atoms with Crippen LogP contribution in [-0.4, -0.2) is 16.5 Å². The van der Waals surface area contributed by atoms with Gasteiger partial charge in [-0.2, -0.15) is 0 Å². The van der Waals surface area contributed by atoms with Gasteiger partial charge >= 0.3 is 0 Å². The average molecular weight is 269 g/mol. The number of rotatable bonds is 2. The molecule has 1 aliphatic heterocycles. The molecule has 0 radical (unpaired) electrons. The van der Waals surface area contributed by atoms with E-state index in [0.29, 0.717) is 5.92 Å². The summed E-state index contributed by atoms with van der Waals surface area (Å²) >= 11 is 0. The summed E-state index contributed by atoms with van der Waals surface area (Å²) in [6, 6.07) is 6.45. The van der Waals surface area contributed by atoms with E-state index < -0.39 is 0 Å². The standard InChI is InChI=1S/C16H16FN3/c17-12-5-3-11(4-6-12)16-19-14-7-8-18-9-13(14)15(20-16)10-1-2-10/h3-6,10,18H,1-2,7-9H2. The summed E-state index contributed by atoms with van der Waals surface area (Å²) in [5.41, 5.74) is 4.57. The lowest BCUT2D eigenvalue weighted by atomic mass is 10.0. The van der Waals surface area contributed by atoms with Crippen LogP contribution in [0.25, 0.3) is 11.4 Å². The van der Waals surface area contributed by atoms with Gasteiger partial charge < -0.3 is 5.32 Å². The molecule has 3 nitrogen and oxygen atoms in total. The largest absolute Gasteiger partial charge is 0.312 e. The van der Waals surface area contributed by atoms with E-state index in [1.54, 1.807) is 12.1 Å². The highest BCUT2D eigenvalue weighted by Gasteiger charge is 2.30. The zero-order valence-electron chi connectivity index (χ0n) is 11.2. The van der Waals surface area contributed by atoms with Gasteiger partial charge in [-0.3, -0.25) is 0 Å². The van der Waals surface area contributed by atoms with Crippen molar-refractivity contribution in [2.75, 3.05) is 6.54 Å². The fraction of sp³-hybridized carbons (Fsp3) is 0.375. The number of halogens is 1. The highest BCUT2D eigenvalue weighted by molar-refractivity contribution is 5.56. The van der Waals surface area contributed by atoms with Crippen LogP contribution in [0.2, 0.25) is 0 Å². The van der Waals surface area contributed by atoms with E-state index in [9.17, 15) is 4.39 Å². The maximum absolute atomic E-state index is 13.0. The van der Waals surface area contributed by atoms with Gasteiger partial charge in [0.2, 0.25) is 0 Å². The molecule has 20 heavy (non-hydrogen) atoms. The molecule has 2 aliphatic rings. The Balaban J connectivity index is 1.83. The molecular weight excluding hydrogens is 253 g/mol. The van der Waals surface area contributed by atoms with E-state index in [1.807, 2.05) is 0 Å². The molecule has 1 aromatic heterocycles. The summed E-state index contributed by atoms with van der Waals surface area (Å²) in [5.74, 6) is 1.12. The average Bonchev–Trinajstić information content (AvgIpc) is 3.31. The SMILES string of the molecule is Fc1ccc(-c2nc3c(c(C4CC4)n2)CNCC3)cc1. The Kier molecular flexibility index (Phi) is 2.77. The predicted molar refractivity (Wildman–Crippen MR) is 74.8 cm³/mol. The summed E-state index contributed by atoms with van der Waals surface area (Å²) in [4.78, 5) is 9.48. The fourth-order valence-electron chi connectivity index (χ4n) is 2.79. The first kappa shape index (κ1) is 12.0. The topological polar surface area (TPSA) is 37.8 Å². The van der Waals surface area contributed by atoms with E-state index in [1.165, 1.54) is 41.9 Å². The lowest BCUT2D eigenvalue weighted by Gasteiger charge is -2.20. The molecule has 1 fully saturated rings. The minimum absolute atomic E-state index is 0.224. The van der Waals surface area contributed by atoms with Crippen molar-refractivity contribution in [2.45, 2.75) is 31.7 Å². The summed E-state index contributed by atoms with van der Waals surface area (Å²) < 4.78 is 13.0.